The Hall–Kier alpha value is -2.28. The van der Waals surface area contributed by atoms with Crippen molar-refractivity contribution in [2.24, 2.45) is 0 Å². The van der Waals surface area contributed by atoms with E-state index < -0.39 is 0 Å². The fourth-order valence-electron chi connectivity index (χ4n) is 2.21. The van der Waals surface area contributed by atoms with Crippen molar-refractivity contribution in [2.45, 2.75) is 12.3 Å². The fourth-order valence-corrected chi connectivity index (χ4v) is 2.21. The molecule has 1 atom stereocenters. The second-order valence-electron chi connectivity index (χ2n) is 4.53. The van der Waals surface area contributed by atoms with Crippen LogP contribution in [0, 0.1) is 0 Å². The molecule has 7 nitrogen and oxygen atoms in total. The number of pyridine rings is 1. The number of rotatable bonds is 2. The SMILES string of the molecule is c1cc2nncn2cc1-c1nc([C@H]2CCOC2)no1. The largest absolute Gasteiger partial charge is 0.381 e. The lowest BCUT2D eigenvalue weighted by Crippen LogP contribution is -1.99. The molecular weight excluding hydrogens is 246 g/mol. The normalized spacial score (nSPS) is 19.3. The number of nitrogens with zero attached hydrogens (tertiary/aromatic N) is 5. The van der Waals surface area contributed by atoms with Gasteiger partial charge >= 0.3 is 0 Å². The van der Waals surface area contributed by atoms with Crippen molar-refractivity contribution in [1.29, 1.82) is 0 Å². The van der Waals surface area contributed by atoms with E-state index in [9.17, 15) is 0 Å². The van der Waals surface area contributed by atoms with Crippen LogP contribution in [0.4, 0.5) is 0 Å². The van der Waals surface area contributed by atoms with Gasteiger partial charge in [0.2, 0.25) is 0 Å². The summed E-state index contributed by atoms with van der Waals surface area (Å²) in [6.07, 6.45) is 4.46. The Balaban J connectivity index is 1.70. The fraction of sp³-hybridized carbons (Fsp3) is 0.333. The van der Waals surface area contributed by atoms with Crippen molar-refractivity contribution in [3.8, 4) is 11.5 Å². The van der Waals surface area contributed by atoms with Gasteiger partial charge in [-0.05, 0) is 18.6 Å². The molecule has 1 aliphatic heterocycles. The van der Waals surface area contributed by atoms with Crippen LogP contribution in [0.2, 0.25) is 0 Å². The Bertz CT molecular complexity index is 714. The summed E-state index contributed by atoms with van der Waals surface area (Å²) < 4.78 is 12.5. The molecule has 0 amide bonds. The topological polar surface area (TPSA) is 78.3 Å². The minimum Gasteiger partial charge on any atom is -0.381 e. The van der Waals surface area contributed by atoms with E-state index in [1.165, 1.54) is 0 Å². The van der Waals surface area contributed by atoms with Crippen LogP contribution >= 0.6 is 0 Å². The Morgan fingerprint density at radius 1 is 1.32 bits per heavy atom. The molecule has 0 aliphatic carbocycles. The maximum atomic E-state index is 5.33. The van der Waals surface area contributed by atoms with Crippen molar-refractivity contribution in [3.63, 3.8) is 0 Å². The first-order valence-electron chi connectivity index (χ1n) is 6.11. The molecule has 1 aliphatic rings. The van der Waals surface area contributed by atoms with E-state index in [0.717, 1.165) is 30.1 Å². The Labute approximate surface area is 108 Å². The van der Waals surface area contributed by atoms with Gasteiger partial charge in [0, 0.05) is 18.7 Å². The summed E-state index contributed by atoms with van der Waals surface area (Å²) in [5.74, 6) is 1.48. The molecule has 0 N–H and O–H groups in total. The molecule has 0 radical (unpaired) electrons. The van der Waals surface area contributed by atoms with Gasteiger partial charge in [0.25, 0.3) is 5.89 Å². The number of hydrogen-bond acceptors (Lipinski definition) is 6. The standard InChI is InChI=1S/C12H11N5O2/c1-2-10-15-13-7-17(10)5-8(1)12-14-11(16-19-12)9-3-4-18-6-9/h1-2,5,7,9H,3-4,6H2/t9-/m0/s1. The molecule has 7 heteroatoms. The van der Waals surface area contributed by atoms with Crippen molar-refractivity contribution in [1.82, 2.24) is 24.7 Å². The van der Waals surface area contributed by atoms with Crippen LogP contribution in [0.1, 0.15) is 18.2 Å². The minimum absolute atomic E-state index is 0.246. The van der Waals surface area contributed by atoms with Crippen LogP contribution in [0.25, 0.3) is 17.1 Å². The van der Waals surface area contributed by atoms with Gasteiger partial charge in [0.1, 0.15) is 6.33 Å². The summed E-state index contributed by atoms with van der Waals surface area (Å²) in [5.41, 5.74) is 1.64. The molecule has 0 spiro atoms. The number of ether oxygens (including phenoxy) is 1. The second kappa shape index (κ2) is 4.13. The van der Waals surface area contributed by atoms with Crippen LogP contribution in [0.3, 0.4) is 0 Å². The molecule has 0 bridgehead atoms. The van der Waals surface area contributed by atoms with Crippen LogP contribution in [-0.4, -0.2) is 38.0 Å². The quantitative estimate of drug-likeness (QED) is 0.688. The van der Waals surface area contributed by atoms with Crippen LogP contribution < -0.4 is 0 Å². The van der Waals surface area contributed by atoms with E-state index in [-0.39, 0.29) is 5.92 Å². The molecule has 0 saturated carbocycles. The maximum Gasteiger partial charge on any atom is 0.259 e. The van der Waals surface area contributed by atoms with Crippen molar-refractivity contribution >= 4 is 5.65 Å². The third-order valence-corrected chi connectivity index (χ3v) is 3.27. The summed E-state index contributed by atoms with van der Waals surface area (Å²) >= 11 is 0. The van der Waals surface area contributed by atoms with Gasteiger partial charge in [-0.3, -0.25) is 4.40 Å². The highest BCUT2D eigenvalue weighted by atomic mass is 16.5. The lowest BCUT2D eigenvalue weighted by molar-refractivity contribution is 0.192. The van der Waals surface area contributed by atoms with E-state index in [0.29, 0.717) is 12.5 Å². The highest BCUT2D eigenvalue weighted by Gasteiger charge is 2.23. The first kappa shape index (κ1) is 10.6. The zero-order valence-electron chi connectivity index (χ0n) is 10.1. The van der Waals surface area contributed by atoms with Gasteiger partial charge in [-0.1, -0.05) is 5.16 Å². The highest BCUT2D eigenvalue weighted by molar-refractivity contribution is 5.55. The molecule has 0 unspecified atom stereocenters. The summed E-state index contributed by atoms with van der Waals surface area (Å²) in [7, 11) is 0. The smallest absolute Gasteiger partial charge is 0.259 e. The van der Waals surface area contributed by atoms with Gasteiger partial charge in [-0.2, -0.15) is 4.98 Å². The van der Waals surface area contributed by atoms with Gasteiger partial charge in [0.15, 0.2) is 11.5 Å². The first-order chi connectivity index (χ1) is 9.40. The molecule has 96 valence electrons. The first-order valence-corrected chi connectivity index (χ1v) is 6.11. The molecule has 3 aromatic rings. The average Bonchev–Trinajstić information content (AvgIpc) is 3.18. The van der Waals surface area contributed by atoms with E-state index in [2.05, 4.69) is 20.3 Å². The van der Waals surface area contributed by atoms with Gasteiger partial charge in [0.05, 0.1) is 12.2 Å². The predicted molar refractivity (Wildman–Crippen MR) is 64.5 cm³/mol. The Morgan fingerprint density at radius 3 is 3.21 bits per heavy atom. The summed E-state index contributed by atoms with van der Waals surface area (Å²) in [4.78, 5) is 4.44. The highest BCUT2D eigenvalue weighted by Crippen LogP contribution is 2.25. The summed E-state index contributed by atoms with van der Waals surface area (Å²) in [6, 6.07) is 3.76. The van der Waals surface area contributed by atoms with E-state index >= 15 is 0 Å². The summed E-state index contributed by atoms with van der Waals surface area (Å²) in [5, 5.41) is 11.8. The predicted octanol–water partition coefficient (Wildman–Crippen LogP) is 1.28. The van der Waals surface area contributed by atoms with Crippen LogP contribution in [0.15, 0.2) is 29.2 Å². The monoisotopic (exact) mass is 257 g/mol. The molecule has 19 heavy (non-hydrogen) atoms. The van der Waals surface area contributed by atoms with Gasteiger partial charge < -0.3 is 9.26 Å². The van der Waals surface area contributed by atoms with Crippen molar-refractivity contribution < 1.29 is 9.26 Å². The molecule has 4 heterocycles. The third kappa shape index (κ3) is 1.78. The second-order valence-corrected chi connectivity index (χ2v) is 4.53. The number of hydrogen-bond donors (Lipinski definition) is 0. The van der Waals surface area contributed by atoms with E-state index in [1.807, 2.05) is 22.7 Å². The summed E-state index contributed by atoms with van der Waals surface area (Å²) in [6.45, 7) is 1.44. The molecular formula is C12H11N5O2. The van der Waals surface area contributed by atoms with Crippen molar-refractivity contribution in [2.75, 3.05) is 13.2 Å². The molecule has 1 saturated heterocycles. The zero-order valence-corrected chi connectivity index (χ0v) is 10.1. The van der Waals surface area contributed by atoms with E-state index in [1.54, 1.807) is 6.33 Å². The molecule has 4 rings (SSSR count). The molecule has 0 aromatic carbocycles. The lowest BCUT2D eigenvalue weighted by atomic mass is 10.1. The minimum atomic E-state index is 0.246. The lowest BCUT2D eigenvalue weighted by Gasteiger charge is -1.98. The van der Waals surface area contributed by atoms with Gasteiger partial charge in [-0.25, -0.2) is 0 Å². The van der Waals surface area contributed by atoms with Gasteiger partial charge in [-0.15, -0.1) is 10.2 Å². The average molecular weight is 257 g/mol. The van der Waals surface area contributed by atoms with Crippen LogP contribution in [0.5, 0.6) is 0 Å². The zero-order chi connectivity index (χ0) is 12.7. The van der Waals surface area contributed by atoms with Crippen LogP contribution in [-0.2, 0) is 4.74 Å². The maximum absolute atomic E-state index is 5.33. The third-order valence-electron chi connectivity index (χ3n) is 3.27. The molecule has 3 aromatic heterocycles. The van der Waals surface area contributed by atoms with Crippen molar-refractivity contribution in [3.05, 3.63) is 30.5 Å². The Kier molecular flexibility index (Phi) is 2.31. The number of fused-ring (bicyclic) bond motifs is 1. The Morgan fingerprint density at radius 2 is 2.32 bits per heavy atom. The number of aromatic nitrogens is 5. The van der Waals surface area contributed by atoms with E-state index in [4.69, 9.17) is 9.26 Å². The molecule has 1 fully saturated rings.